The van der Waals surface area contributed by atoms with Crippen molar-refractivity contribution in [3.63, 3.8) is 0 Å². The lowest BCUT2D eigenvalue weighted by atomic mass is 10.3. The van der Waals surface area contributed by atoms with Crippen LogP contribution in [0.4, 0.5) is 5.69 Å². The third-order valence-corrected chi connectivity index (χ3v) is 3.43. The zero-order valence-corrected chi connectivity index (χ0v) is 12.9. The second-order valence-corrected chi connectivity index (χ2v) is 5.07. The largest absolute Gasteiger partial charge is 0.497 e. The number of fused-ring (bicyclic) bond motifs is 1. The summed E-state index contributed by atoms with van der Waals surface area (Å²) in [5.41, 5.74) is 8.77. The lowest BCUT2D eigenvalue weighted by Gasteiger charge is -2.06. The van der Waals surface area contributed by atoms with Crippen molar-refractivity contribution < 1.29 is 4.74 Å². The van der Waals surface area contributed by atoms with Crippen LogP contribution in [0.2, 0.25) is 0 Å². The standard InChI is InChI=1S/C17H19N5O/c1-23-13-8-6-12(7-9-13)20-17(18)19-11-10-16-21-14-4-2-3-5-15(14)22-16/h2-9H,10-11H2,1H3,(H,21,22)(H3,18,19,20). The summed E-state index contributed by atoms with van der Waals surface area (Å²) in [5, 5.41) is 3.05. The quantitative estimate of drug-likeness (QED) is 0.499. The van der Waals surface area contributed by atoms with Gasteiger partial charge in [0.05, 0.1) is 18.1 Å². The predicted octanol–water partition coefficient (Wildman–Crippen LogP) is 2.54. The van der Waals surface area contributed by atoms with Crippen LogP contribution in [-0.2, 0) is 6.42 Å². The molecule has 0 saturated carbocycles. The summed E-state index contributed by atoms with van der Waals surface area (Å²) in [6.45, 7) is 0.564. The molecule has 0 amide bonds. The topological polar surface area (TPSA) is 88.3 Å². The molecule has 3 aromatic rings. The summed E-state index contributed by atoms with van der Waals surface area (Å²) in [6, 6.07) is 15.5. The van der Waals surface area contributed by atoms with Crippen LogP contribution in [0.15, 0.2) is 53.5 Å². The van der Waals surface area contributed by atoms with E-state index in [1.165, 1.54) is 0 Å². The molecule has 3 rings (SSSR count). The van der Waals surface area contributed by atoms with Gasteiger partial charge in [0.2, 0.25) is 0 Å². The van der Waals surface area contributed by atoms with Crippen molar-refractivity contribution in [3.8, 4) is 5.75 Å². The number of aliphatic imine (C=N–C) groups is 1. The van der Waals surface area contributed by atoms with Gasteiger partial charge in [0.1, 0.15) is 11.6 Å². The number of rotatable bonds is 5. The zero-order chi connectivity index (χ0) is 16.1. The van der Waals surface area contributed by atoms with Crippen LogP contribution in [0.1, 0.15) is 5.82 Å². The Balaban J connectivity index is 1.56. The molecule has 0 bridgehead atoms. The molecule has 1 heterocycles. The Morgan fingerprint density at radius 1 is 1.22 bits per heavy atom. The van der Waals surface area contributed by atoms with Crippen molar-refractivity contribution in [1.82, 2.24) is 9.97 Å². The zero-order valence-electron chi connectivity index (χ0n) is 12.9. The first-order valence-electron chi connectivity index (χ1n) is 7.39. The highest BCUT2D eigenvalue weighted by Crippen LogP contribution is 2.14. The van der Waals surface area contributed by atoms with Crippen molar-refractivity contribution in [2.75, 3.05) is 19.0 Å². The van der Waals surface area contributed by atoms with Gasteiger partial charge >= 0.3 is 0 Å². The summed E-state index contributed by atoms with van der Waals surface area (Å²) >= 11 is 0. The fourth-order valence-electron chi connectivity index (χ4n) is 2.27. The number of nitrogens with zero attached hydrogens (tertiary/aromatic N) is 2. The SMILES string of the molecule is COc1ccc(NC(N)=NCCc2nc3ccccc3[nH]2)cc1. The maximum Gasteiger partial charge on any atom is 0.193 e. The molecule has 0 unspecified atom stereocenters. The smallest absolute Gasteiger partial charge is 0.193 e. The van der Waals surface area contributed by atoms with E-state index in [-0.39, 0.29) is 0 Å². The minimum Gasteiger partial charge on any atom is -0.497 e. The molecular formula is C17H19N5O. The Morgan fingerprint density at radius 2 is 2.00 bits per heavy atom. The second-order valence-electron chi connectivity index (χ2n) is 5.07. The van der Waals surface area contributed by atoms with Crippen molar-refractivity contribution in [1.29, 1.82) is 0 Å². The second kappa shape index (κ2) is 6.83. The molecule has 4 N–H and O–H groups in total. The van der Waals surface area contributed by atoms with Gasteiger partial charge in [0, 0.05) is 18.7 Å². The lowest BCUT2D eigenvalue weighted by molar-refractivity contribution is 0.415. The third-order valence-electron chi connectivity index (χ3n) is 3.43. The van der Waals surface area contributed by atoms with Crippen LogP contribution in [0.25, 0.3) is 11.0 Å². The number of guanidine groups is 1. The molecule has 0 aliphatic rings. The molecule has 118 valence electrons. The highest BCUT2D eigenvalue weighted by Gasteiger charge is 2.01. The van der Waals surface area contributed by atoms with Gasteiger partial charge in [-0.25, -0.2) is 4.98 Å². The highest BCUT2D eigenvalue weighted by atomic mass is 16.5. The van der Waals surface area contributed by atoms with Crippen molar-refractivity contribution in [3.05, 3.63) is 54.4 Å². The van der Waals surface area contributed by atoms with Crippen LogP contribution in [-0.4, -0.2) is 29.6 Å². The summed E-state index contributed by atoms with van der Waals surface area (Å²) in [4.78, 5) is 12.1. The van der Waals surface area contributed by atoms with E-state index in [1.54, 1.807) is 7.11 Å². The van der Waals surface area contributed by atoms with Crippen molar-refractivity contribution in [2.24, 2.45) is 10.7 Å². The van der Waals surface area contributed by atoms with Gasteiger partial charge in [-0.3, -0.25) is 4.99 Å². The van der Waals surface area contributed by atoms with Gasteiger partial charge in [-0.15, -0.1) is 0 Å². The number of hydrogen-bond acceptors (Lipinski definition) is 3. The lowest BCUT2D eigenvalue weighted by Crippen LogP contribution is -2.23. The van der Waals surface area contributed by atoms with Gasteiger partial charge in [0.15, 0.2) is 5.96 Å². The maximum atomic E-state index is 5.89. The molecule has 0 aliphatic carbocycles. The molecule has 0 radical (unpaired) electrons. The number of methoxy groups -OCH3 is 1. The van der Waals surface area contributed by atoms with Crippen molar-refractivity contribution in [2.45, 2.75) is 6.42 Å². The van der Waals surface area contributed by atoms with E-state index < -0.39 is 0 Å². The van der Waals surface area contributed by atoms with E-state index in [4.69, 9.17) is 10.5 Å². The molecule has 23 heavy (non-hydrogen) atoms. The Morgan fingerprint density at radius 3 is 2.74 bits per heavy atom. The van der Waals surface area contributed by atoms with Gasteiger partial charge < -0.3 is 20.8 Å². The number of H-pyrrole nitrogens is 1. The molecule has 6 nitrogen and oxygen atoms in total. The number of nitrogens with one attached hydrogen (secondary N) is 2. The van der Waals surface area contributed by atoms with Crippen molar-refractivity contribution >= 4 is 22.7 Å². The van der Waals surface area contributed by atoms with Crippen LogP contribution < -0.4 is 15.8 Å². The Bertz CT molecular complexity index is 774. The number of aromatic amines is 1. The number of ether oxygens (including phenoxy) is 1. The van der Waals surface area contributed by atoms with Crippen LogP contribution in [0.5, 0.6) is 5.75 Å². The molecule has 6 heteroatoms. The number of para-hydroxylation sites is 2. The summed E-state index contributed by atoms with van der Waals surface area (Å²) < 4.78 is 5.11. The minimum atomic E-state index is 0.381. The monoisotopic (exact) mass is 309 g/mol. The number of imidazole rings is 1. The number of benzene rings is 2. The molecule has 1 aromatic heterocycles. The normalized spacial score (nSPS) is 11.6. The van der Waals surface area contributed by atoms with E-state index in [9.17, 15) is 0 Å². The molecule has 0 aliphatic heterocycles. The molecule has 0 saturated heterocycles. The molecule has 0 atom stereocenters. The predicted molar refractivity (Wildman–Crippen MR) is 92.9 cm³/mol. The first kappa shape index (κ1) is 14.9. The van der Waals surface area contributed by atoms with E-state index in [0.29, 0.717) is 18.9 Å². The first-order valence-corrected chi connectivity index (χ1v) is 7.39. The van der Waals surface area contributed by atoms with E-state index in [0.717, 1.165) is 28.3 Å². The maximum absolute atomic E-state index is 5.89. The molecule has 0 spiro atoms. The number of hydrogen-bond donors (Lipinski definition) is 3. The average Bonchev–Trinajstić information content (AvgIpc) is 2.98. The van der Waals surface area contributed by atoms with Gasteiger partial charge in [0.25, 0.3) is 0 Å². The Hall–Kier alpha value is -3.02. The molecular weight excluding hydrogens is 290 g/mol. The van der Waals surface area contributed by atoms with E-state index in [2.05, 4.69) is 20.3 Å². The van der Waals surface area contributed by atoms with Crippen LogP contribution >= 0.6 is 0 Å². The Labute approximate surface area is 134 Å². The van der Waals surface area contributed by atoms with Crippen LogP contribution in [0.3, 0.4) is 0 Å². The van der Waals surface area contributed by atoms with Crippen LogP contribution in [0, 0.1) is 0 Å². The number of nitrogens with two attached hydrogens (primary N) is 1. The summed E-state index contributed by atoms with van der Waals surface area (Å²) in [7, 11) is 1.64. The molecule has 0 fully saturated rings. The van der Waals surface area contributed by atoms with Gasteiger partial charge in [-0.2, -0.15) is 0 Å². The number of aromatic nitrogens is 2. The number of anilines is 1. The Kier molecular flexibility index (Phi) is 4.42. The third kappa shape index (κ3) is 3.79. The molecule has 2 aromatic carbocycles. The fraction of sp³-hybridized carbons (Fsp3) is 0.176. The average molecular weight is 309 g/mol. The van der Waals surface area contributed by atoms with Gasteiger partial charge in [-0.1, -0.05) is 12.1 Å². The fourth-order valence-corrected chi connectivity index (χ4v) is 2.27. The first-order chi connectivity index (χ1) is 11.2. The summed E-state index contributed by atoms with van der Waals surface area (Å²) in [6.07, 6.45) is 0.708. The minimum absolute atomic E-state index is 0.381. The summed E-state index contributed by atoms with van der Waals surface area (Å²) in [5.74, 6) is 2.09. The van der Waals surface area contributed by atoms with E-state index >= 15 is 0 Å². The van der Waals surface area contributed by atoms with Gasteiger partial charge in [-0.05, 0) is 36.4 Å². The highest BCUT2D eigenvalue weighted by molar-refractivity contribution is 5.92. The van der Waals surface area contributed by atoms with E-state index in [1.807, 2.05) is 48.5 Å².